The number of carbonyl (C=O) groups excluding carboxylic acids is 2. The summed E-state index contributed by atoms with van der Waals surface area (Å²) in [4.78, 5) is 25.8. The summed E-state index contributed by atoms with van der Waals surface area (Å²) in [5, 5.41) is 9.85. The van der Waals surface area contributed by atoms with Crippen LogP contribution in [0, 0.1) is 0 Å². The Hall–Kier alpha value is -2.62. The van der Waals surface area contributed by atoms with Crippen LogP contribution in [0.1, 0.15) is 17.9 Å². The molecule has 4 nitrogen and oxygen atoms in total. The van der Waals surface area contributed by atoms with Crippen molar-refractivity contribution in [2.45, 2.75) is 12.3 Å². The van der Waals surface area contributed by atoms with Crippen LogP contribution in [0.2, 0.25) is 0 Å². The molecule has 0 bridgehead atoms. The Labute approximate surface area is 116 Å². The molecular formula is C16H13NO3. The Morgan fingerprint density at radius 3 is 2.30 bits per heavy atom. The predicted octanol–water partition coefficient (Wildman–Crippen LogP) is 2.44. The normalized spacial score (nSPS) is 18.6. The fourth-order valence-corrected chi connectivity index (χ4v) is 2.51. The number of hydrogen-bond donors (Lipinski definition) is 1. The average Bonchev–Trinajstić information content (AvgIpc) is 2.75. The molecule has 0 radical (unpaired) electrons. The minimum Gasteiger partial charge on any atom is -0.508 e. The topological polar surface area (TPSA) is 57.6 Å². The molecular weight excluding hydrogens is 254 g/mol. The largest absolute Gasteiger partial charge is 0.508 e. The fraction of sp³-hybridized carbons (Fsp3) is 0.125. The molecule has 4 heteroatoms. The third-order valence-electron chi connectivity index (χ3n) is 3.47. The van der Waals surface area contributed by atoms with Crippen molar-refractivity contribution < 1.29 is 14.7 Å². The molecule has 1 saturated heterocycles. The molecule has 1 N–H and O–H groups in total. The van der Waals surface area contributed by atoms with Crippen LogP contribution in [0.15, 0.2) is 54.6 Å². The summed E-state index contributed by atoms with van der Waals surface area (Å²) in [6, 6.07) is 15.5. The standard InChI is InChI=1S/C16H13NO3/c18-14-9-5-4-8-12(14)13-10-15(19)17(16(13)20)11-6-2-1-3-7-11/h1-9,13,18H,10H2. The number of benzene rings is 2. The molecule has 1 aliphatic rings. The molecule has 1 atom stereocenters. The molecule has 0 aliphatic carbocycles. The first kappa shape index (κ1) is 12.4. The van der Waals surface area contributed by atoms with Gasteiger partial charge in [-0.2, -0.15) is 0 Å². The molecule has 0 aromatic heterocycles. The number of carbonyl (C=O) groups is 2. The number of amides is 2. The molecule has 3 rings (SSSR count). The highest BCUT2D eigenvalue weighted by Crippen LogP contribution is 2.36. The van der Waals surface area contributed by atoms with Crippen LogP contribution < -0.4 is 4.90 Å². The maximum Gasteiger partial charge on any atom is 0.241 e. The summed E-state index contributed by atoms with van der Waals surface area (Å²) < 4.78 is 0. The van der Waals surface area contributed by atoms with E-state index in [-0.39, 0.29) is 24.0 Å². The summed E-state index contributed by atoms with van der Waals surface area (Å²) in [7, 11) is 0. The van der Waals surface area contributed by atoms with Gasteiger partial charge in [-0.15, -0.1) is 0 Å². The maximum absolute atomic E-state index is 12.5. The zero-order valence-corrected chi connectivity index (χ0v) is 10.7. The lowest BCUT2D eigenvalue weighted by atomic mass is 9.97. The highest BCUT2D eigenvalue weighted by atomic mass is 16.3. The highest BCUT2D eigenvalue weighted by molar-refractivity contribution is 6.22. The minimum absolute atomic E-state index is 0.0496. The van der Waals surface area contributed by atoms with E-state index in [2.05, 4.69) is 0 Å². The average molecular weight is 267 g/mol. The number of hydrogen-bond acceptors (Lipinski definition) is 3. The van der Waals surface area contributed by atoms with Crippen molar-refractivity contribution in [2.75, 3.05) is 4.90 Å². The van der Waals surface area contributed by atoms with Crippen LogP contribution >= 0.6 is 0 Å². The first-order chi connectivity index (χ1) is 9.68. The van der Waals surface area contributed by atoms with E-state index in [1.54, 1.807) is 42.5 Å². The Balaban J connectivity index is 1.98. The zero-order valence-electron chi connectivity index (χ0n) is 10.7. The lowest BCUT2D eigenvalue weighted by Gasteiger charge is -2.15. The smallest absolute Gasteiger partial charge is 0.241 e. The van der Waals surface area contributed by atoms with Gasteiger partial charge in [0.1, 0.15) is 5.75 Å². The number of aromatic hydroxyl groups is 1. The first-order valence-electron chi connectivity index (χ1n) is 6.38. The van der Waals surface area contributed by atoms with Crippen molar-refractivity contribution in [3.8, 4) is 5.75 Å². The SMILES string of the molecule is O=C1CC(c2ccccc2O)C(=O)N1c1ccccc1. The molecule has 2 aromatic rings. The molecule has 0 spiro atoms. The molecule has 2 amide bonds. The van der Waals surface area contributed by atoms with Gasteiger partial charge in [0.25, 0.3) is 0 Å². The quantitative estimate of drug-likeness (QED) is 0.850. The van der Waals surface area contributed by atoms with E-state index in [1.807, 2.05) is 6.07 Å². The van der Waals surface area contributed by atoms with Gasteiger partial charge >= 0.3 is 0 Å². The molecule has 0 saturated carbocycles. The Kier molecular flexibility index (Phi) is 2.99. The minimum atomic E-state index is -0.607. The molecule has 2 aromatic carbocycles. The van der Waals surface area contributed by atoms with Gasteiger partial charge in [-0.1, -0.05) is 36.4 Å². The van der Waals surface area contributed by atoms with Gasteiger partial charge < -0.3 is 5.11 Å². The molecule has 1 fully saturated rings. The molecule has 1 aliphatic heterocycles. The predicted molar refractivity (Wildman–Crippen MR) is 74.4 cm³/mol. The van der Waals surface area contributed by atoms with E-state index < -0.39 is 5.92 Å². The highest BCUT2D eigenvalue weighted by Gasteiger charge is 2.41. The third-order valence-corrected chi connectivity index (χ3v) is 3.47. The summed E-state index contributed by atoms with van der Waals surface area (Å²) in [6.07, 6.45) is 0.0886. The van der Waals surface area contributed by atoms with E-state index in [0.717, 1.165) is 0 Å². The first-order valence-corrected chi connectivity index (χ1v) is 6.38. The number of nitrogens with zero attached hydrogens (tertiary/aromatic N) is 1. The molecule has 20 heavy (non-hydrogen) atoms. The second kappa shape index (κ2) is 4.81. The lowest BCUT2D eigenvalue weighted by molar-refractivity contribution is -0.121. The van der Waals surface area contributed by atoms with Gasteiger partial charge in [0.2, 0.25) is 11.8 Å². The Morgan fingerprint density at radius 1 is 0.950 bits per heavy atom. The Morgan fingerprint density at radius 2 is 1.60 bits per heavy atom. The van der Waals surface area contributed by atoms with Crippen molar-refractivity contribution in [2.24, 2.45) is 0 Å². The Bertz CT molecular complexity index is 666. The molecule has 1 unspecified atom stereocenters. The summed E-state index contributed by atoms with van der Waals surface area (Å²) in [5.41, 5.74) is 1.07. The van der Waals surface area contributed by atoms with E-state index >= 15 is 0 Å². The fourth-order valence-electron chi connectivity index (χ4n) is 2.51. The lowest BCUT2D eigenvalue weighted by Crippen LogP contribution is -2.29. The number of imide groups is 1. The van der Waals surface area contributed by atoms with Crippen LogP contribution in [-0.4, -0.2) is 16.9 Å². The monoisotopic (exact) mass is 267 g/mol. The zero-order chi connectivity index (χ0) is 14.1. The number of para-hydroxylation sites is 2. The van der Waals surface area contributed by atoms with Crippen LogP contribution in [0.4, 0.5) is 5.69 Å². The van der Waals surface area contributed by atoms with Gasteiger partial charge in [-0.3, -0.25) is 14.5 Å². The summed E-state index contributed by atoms with van der Waals surface area (Å²) >= 11 is 0. The molecule has 100 valence electrons. The van der Waals surface area contributed by atoms with E-state index in [1.165, 1.54) is 11.0 Å². The van der Waals surface area contributed by atoms with E-state index in [4.69, 9.17) is 0 Å². The van der Waals surface area contributed by atoms with E-state index in [0.29, 0.717) is 11.3 Å². The van der Waals surface area contributed by atoms with E-state index in [9.17, 15) is 14.7 Å². The number of phenols is 1. The van der Waals surface area contributed by atoms with Gasteiger partial charge in [-0.25, -0.2) is 0 Å². The van der Waals surface area contributed by atoms with Crippen molar-refractivity contribution in [1.82, 2.24) is 0 Å². The van der Waals surface area contributed by atoms with Crippen molar-refractivity contribution in [3.05, 3.63) is 60.2 Å². The van der Waals surface area contributed by atoms with Gasteiger partial charge in [0.15, 0.2) is 0 Å². The maximum atomic E-state index is 12.5. The third kappa shape index (κ3) is 1.95. The van der Waals surface area contributed by atoms with Crippen LogP contribution in [0.25, 0.3) is 0 Å². The van der Waals surface area contributed by atoms with Gasteiger partial charge in [-0.05, 0) is 18.2 Å². The second-order valence-electron chi connectivity index (χ2n) is 4.72. The van der Waals surface area contributed by atoms with Crippen molar-refractivity contribution >= 4 is 17.5 Å². The van der Waals surface area contributed by atoms with Gasteiger partial charge in [0, 0.05) is 12.0 Å². The molecule has 1 heterocycles. The van der Waals surface area contributed by atoms with Crippen LogP contribution in [0.5, 0.6) is 5.75 Å². The van der Waals surface area contributed by atoms with Crippen molar-refractivity contribution in [3.63, 3.8) is 0 Å². The van der Waals surface area contributed by atoms with Crippen molar-refractivity contribution in [1.29, 1.82) is 0 Å². The second-order valence-corrected chi connectivity index (χ2v) is 4.72. The van der Waals surface area contributed by atoms with Gasteiger partial charge in [0.05, 0.1) is 11.6 Å². The summed E-state index contributed by atoms with van der Waals surface area (Å²) in [6.45, 7) is 0. The number of anilines is 1. The van der Waals surface area contributed by atoms with Crippen LogP contribution in [0.3, 0.4) is 0 Å². The number of rotatable bonds is 2. The van der Waals surface area contributed by atoms with Crippen LogP contribution in [-0.2, 0) is 9.59 Å². The summed E-state index contributed by atoms with van der Waals surface area (Å²) in [5.74, 6) is -1.09. The number of phenolic OH excluding ortho intramolecular Hbond substituents is 1.